The molecule has 2 aliphatic heterocycles. The van der Waals surface area contributed by atoms with Crippen LogP contribution in [0.4, 0.5) is 0 Å². The fraction of sp³-hybridized carbons (Fsp3) is 0.500. The van der Waals surface area contributed by atoms with Crippen LogP contribution < -0.4 is 5.32 Å². The number of nitrogens with zero attached hydrogens (tertiary/aromatic N) is 2. The summed E-state index contributed by atoms with van der Waals surface area (Å²) in [6.45, 7) is 1.90. The van der Waals surface area contributed by atoms with Gasteiger partial charge >= 0.3 is 0 Å². The summed E-state index contributed by atoms with van der Waals surface area (Å²) in [5.74, 6) is -0.302. The fourth-order valence-electron chi connectivity index (χ4n) is 4.41. The van der Waals surface area contributed by atoms with E-state index < -0.39 is 20.0 Å². The summed E-state index contributed by atoms with van der Waals surface area (Å²) in [7, 11) is -7.03. The summed E-state index contributed by atoms with van der Waals surface area (Å²) < 4.78 is 54.6. The van der Waals surface area contributed by atoms with Crippen molar-refractivity contribution in [2.24, 2.45) is 0 Å². The molecule has 0 aliphatic carbocycles. The molecule has 1 aromatic carbocycles. The number of sulfonamides is 2. The molecule has 11 heteroatoms. The normalized spacial score (nSPS) is 20.7. The third-order valence-electron chi connectivity index (χ3n) is 6.21. The minimum atomic E-state index is -3.52. The van der Waals surface area contributed by atoms with Gasteiger partial charge in [0.1, 0.15) is 4.21 Å². The van der Waals surface area contributed by atoms with Gasteiger partial charge in [-0.05, 0) is 67.8 Å². The summed E-state index contributed by atoms with van der Waals surface area (Å²) in [6, 6.07) is 9.19. The number of benzene rings is 1. The molecule has 180 valence electrons. The first-order valence-corrected chi connectivity index (χ1v) is 15.0. The summed E-state index contributed by atoms with van der Waals surface area (Å²) >= 11 is 1.22. The highest BCUT2D eigenvalue weighted by atomic mass is 32.2. The highest BCUT2D eigenvalue weighted by Crippen LogP contribution is 2.29. The number of amides is 1. The molecule has 8 nitrogen and oxygen atoms in total. The van der Waals surface area contributed by atoms with E-state index in [9.17, 15) is 21.6 Å². The maximum absolute atomic E-state index is 13.0. The van der Waals surface area contributed by atoms with Crippen molar-refractivity contribution in [3.05, 3.63) is 47.3 Å². The number of hydrogen-bond donors (Lipinski definition) is 1. The zero-order chi connectivity index (χ0) is 23.5. The Kier molecular flexibility index (Phi) is 7.54. The molecular weight excluding hydrogens is 482 g/mol. The number of carbonyl (C=O) groups excluding carboxylic acids is 1. The van der Waals surface area contributed by atoms with Crippen LogP contribution in [0, 0.1) is 0 Å². The van der Waals surface area contributed by atoms with Gasteiger partial charge in [0.25, 0.3) is 15.9 Å². The van der Waals surface area contributed by atoms with Crippen molar-refractivity contribution in [1.82, 2.24) is 13.9 Å². The molecule has 1 aromatic heterocycles. The van der Waals surface area contributed by atoms with Crippen LogP contribution in [-0.4, -0.2) is 63.6 Å². The van der Waals surface area contributed by atoms with Gasteiger partial charge in [-0.15, -0.1) is 11.3 Å². The molecule has 0 bridgehead atoms. The van der Waals surface area contributed by atoms with Crippen molar-refractivity contribution in [3.8, 4) is 0 Å². The molecule has 2 saturated heterocycles. The van der Waals surface area contributed by atoms with Crippen LogP contribution in [0.1, 0.15) is 48.9 Å². The van der Waals surface area contributed by atoms with Crippen LogP contribution in [0.15, 0.2) is 50.9 Å². The van der Waals surface area contributed by atoms with E-state index in [0.717, 1.165) is 32.1 Å². The SMILES string of the molecule is O=C(NCCC1CCCCN1S(=O)(=O)c1cccs1)c1ccc(S(=O)(=O)N2CCCC2)cc1. The Labute approximate surface area is 199 Å². The van der Waals surface area contributed by atoms with Gasteiger partial charge in [0.2, 0.25) is 10.0 Å². The van der Waals surface area contributed by atoms with E-state index in [2.05, 4.69) is 5.32 Å². The molecule has 1 amide bonds. The van der Waals surface area contributed by atoms with E-state index in [1.54, 1.807) is 21.8 Å². The number of thiophene rings is 1. The van der Waals surface area contributed by atoms with E-state index >= 15 is 0 Å². The lowest BCUT2D eigenvalue weighted by atomic mass is 10.0. The summed E-state index contributed by atoms with van der Waals surface area (Å²) in [6.07, 6.45) is 4.82. The summed E-state index contributed by atoms with van der Waals surface area (Å²) in [4.78, 5) is 12.8. The number of nitrogens with one attached hydrogen (secondary N) is 1. The van der Waals surface area contributed by atoms with Crippen LogP contribution in [0.3, 0.4) is 0 Å². The highest BCUT2D eigenvalue weighted by molar-refractivity contribution is 7.91. The van der Waals surface area contributed by atoms with E-state index in [0.29, 0.717) is 42.4 Å². The Hall–Kier alpha value is -1.79. The Balaban J connectivity index is 1.35. The minimum absolute atomic E-state index is 0.154. The predicted octanol–water partition coefficient (Wildman–Crippen LogP) is 2.90. The lowest BCUT2D eigenvalue weighted by molar-refractivity contribution is 0.0949. The molecule has 2 fully saturated rings. The molecule has 4 rings (SSSR count). The van der Waals surface area contributed by atoms with Crippen LogP contribution in [0.25, 0.3) is 0 Å². The van der Waals surface area contributed by atoms with Crippen molar-refractivity contribution in [2.45, 2.75) is 53.7 Å². The molecule has 0 saturated carbocycles. The smallest absolute Gasteiger partial charge is 0.252 e. The minimum Gasteiger partial charge on any atom is -0.352 e. The average molecular weight is 512 g/mol. The van der Waals surface area contributed by atoms with Gasteiger partial charge in [-0.2, -0.15) is 8.61 Å². The monoisotopic (exact) mass is 511 g/mol. The first kappa shape index (κ1) is 24.3. The van der Waals surface area contributed by atoms with Gasteiger partial charge < -0.3 is 5.32 Å². The lowest BCUT2D eigenvalue weighted by Crippen LogP contribution is -2.44. The summed E-state index contributed by atoms with van der Waals surface area (Å²) in [5.41, 5.74) is 0.377. The molecule has 0 spiro atoms. The first-order valence-electron chi connectivity index (χ1n) is 11.2. The number of rotatable bonds is 8. The first-order chi connectivity index (χ1) is 15.8. The molecule has 33 heavy (non-hydrogen) atoms. The van der Waals surface area contributed by atoms with Gasteiger partial charge in [0, 0.05) is 37.8 Å². The second kappa shape index (κ2) is 10.2. The molecule has 3 heterocycles. The Morgan fingerprint density at radius 3 is 2.30 bits per heavy atom. The Morgan fingerprint density at radius 1 is 0.939 bits per heavy atom. The summed E-state index contributed by atoms with van der Waals surface area (Å²) in [5, 5.41) is 4.61. The molecule has 1 N–H and O–H groups in total. The third-order valence-corrected chi connectivity index (χ3v) is 11.5. The van der Waals surface area contributed by atoms with Crippen molar-refractivity contribution >= 4 is 37.3 Å². The predicted molar refractivity (Wildman–Crippen MR) is 127 cm³/mol. The van der Waals surface area contributed by atoms with E-state index in [1.165, 1.54) is 39.9 Å². The largest absolute Gasteiger partial charge is 0.352 e. The van der Waals surface area contributed by atoms with Gasteiger partial charge in [0.05, 0.1) is 4.90 Å². The van der Waals surface area contributed by atoms with E-state index in [4.69, 9.17) is 0 Å². The molecule has 0 radical (unpaired) electrons. The molecule has 2 aliphatic rings. The van der Waals surface area contributed by atoms with Crippen LogP contribution in [0.5, 0.6) is 0 Å². The second-order valence-corrected chi connectivity index (χ2v) is 13.4. The second-order valence-electron chi connectivity index (χ2n) is 8.38. The van der Waals surface area contributed by atoms with Crippen molar-refractivity contribution in [1.29, 1.82) is 0 Å². The molecule has 1 atom stereocenters. The zero-order valence-corrected chi connectivity index (χ0v) is 20.8. The lowest BCUT2D eigenvalue weighted by Gasteiger charge is -2.34. The maximum Gasteiger partial charge on any atom is 0.252 e. The standard InChI is InChI=1S/C22H29N3O5S3/c26-22(18-8-10-20(11-9-18)32(27,28)24-14-3-4-15-24)23-13-12-19-6-1-2-16-25(19)33(29,30)21-7-5-17-31-21/h5,7-11,17,19H,1-4,6,12-16H2,(H,23,26). The van der Waals surface area contributed by atoms with Crippen LogP contribution in [0.2, 0.25) is 0 Å². The topological polar surface area (TPSA) is 104 Å². The number of piperidine rings is 1. The van der Waals surface area contributed by atoms with E-state index in [1.807, 2.05) is 0 Å². The highest BCUT2D eigenvalue weighted by Gasteiger charge is 2.34. The average Bonchev–Trinajstić information content (AvgIpc) is 3.54. The van der Waals surface area contributed by atoms with Crippen LogP contribution in [-0.2, 0) is 20.0 Å². The van der Waals surface area contributed by atoms with Gasteiger partial charge in [-0.25, -0.2) is 16.8 Å². The quantitative estimate of drug-likeness (QED) is 0.587. The number of carbonyl (C=O) groups is 1. The van der Waals surface area contributed by atoms with Gasteiger partial charge in [-0.1, -0.05) is 12.5 Å². The number of hydrogen-bond acceptors (Lipinski definition) is 6. The fourth-order valence-corrected chi connectivity index (χ4v) is 8.78. The molecular formula is C22H29N3O5S3. The molecule has 1 unspecified atom stereocenters. The van der Waals surface area contributed by atoms with E-state index in [-0.39, 0.29) is 16.8 Å². The maximum atomic E-state index is 13.0. The Morgan fingerprint density at radius 2 is 1.64 bits per heavy atom. The van der Waals surface area contributed by atoms with Crippen molar-refractivity contribution < 1.29 is 21.6 Å². The van der Waals surface area contributed by atoms with Crippen molar-refractivity contribution in [2.75, 3.05) is 26.2 Å². The van der Waals surface area contributed by atoms with Gasteiger partial charge in [0.15, 0.2) is 0 Å². The molecule has 2 aromatic rings. The van der Waals surface area contributed by atoms with Gasteiger partial charge in [-0.3, -0.25) is 4.79 Å². The third kappa shape index (κ3) is 5.32. The Bertz CT molecular complexity index is 1160. The van der Waals surface area contributed by atoms with Crippen LogP contribution >= 0.6 is 11.3 Å². The zero-order valence-electron chi connectivity index (χ0n) is 18.4. The van der Waals surface area contributed by atoms with Crippen molar-refractivity contribution in [3.63, 3.8) is 0 Å².